The van der Waals surface area contributed by atoms with Gasteiger partial charge in [0.05, 0.1) is 13.2 Å². The number of phosphoric acid groups is 1. The number of benzene rings is 1. The number of aliphatic hydroxyl groups excluding tert-OH is 5. The molecule has 2 aliphatic heterocycles. The van der Waals surface area contributed by atoms with Crippen molar-refractivity contribution in [2.45, 2.75) is 61.7 Å². The number of aliphatic hydroxyl groups is 5. The first-order valence-corrected chi connectivity index (χ1v) is 17.5. The van der Waals surface area contributed by atoms with Crippen molar-refractivity contribution in [1.29, 1.82) is 0 Å². The minimum absolute atomic E-state index is 0.149. The number of H-pyrrole nitrogens is 2. The molecular formula is C28H33N12O13P. The first-order valence-electron chi connectivity index (χ1n) is 16.0. The van der Waals surface area contributed by atoms with Crippen LogP contribution in [0.15, 0.2) is 50.4 Å². The first kappa shape index (κ1) is 37.3. The highest BCUT2D eigenvalue weighted by molar-refractivity contribution is 7.46. The standard InChI is InChI=1S/C28H33N12O13P/c1-2-10-3-5-11(6-4-10)20-32-15-22(34-26(30)36-24(15)47)40(20)28(19(45)16(42)12(7-41)52-28)38-37-27(18(44)17(43)13(53-27)8-51-54(48,49)50)39-9-31-14-21(39)33-25(29)35-23(14)46/h3-6,9,12-13,16-19,41-45H,2,7-8H2,1H3,(H2,48,49,50)(H3,29,33,35,46)(H3,30,34,36,47)/t12-,13-,16-,17-,18-,19-,27+,28+/m1/s1. The Labute approximate surface area is 299 Å². The van der Waals surface area contributed by atoms with E-state index in [1.54, 1.807) is 24.3 Å². The Morgan fingerprint density at radius 3 is 2.07 bits per heavy atom. The van der Waals surface area contributed by atoms with Crippen LogP contribution >= 0.6 is 7.82 Å². The number of ether oxygens (including phenoxy) is 2. The number of anilines is 2. The molecule has 4 aromatic heterocycles. The van der Waals surface area contributed by atoms with Crippen molar-refractivity contribution in [2.75, 3.05) is 24.7 Å². The van der Waals surface area contributed by atoms with Gasteiger partial charge in [-0.25, -0.2) is 14.5 Å². The minimum Gasteiger partial charge on any atom is -0.394 e. The van der Waals surface area contributed by atoms with Crippen LogP contribution in [-0.4, -0.2) is 124 Å². The molecule has 288 valence electrons. The zero-order chi connectivity index (χ0) is 38.9. The summed E-state index contributed by atoms with van der Waals surface area (Å²) in [5.41, 5.74) is 9.75. The van der Waals surface area contributed by atoms with E-state index in [4.69, 9.17) is 20.9 Å². The van der Waals surface area contributed by atoms with Crippen molar-refractivity contribution in [3.05, 3.63) is 56.9 Å². The highest BCUT2D eigenvalue weighted by Crippen LogP contribution is 2.46. The molecule has 0 bridgehead atoms. The van der Waals surface area contributed by atoms with E-state index in [1.807, 2.05) is 6.92 Å². The van der Waals surface area contributed by atoms with Gasteiger partial charge in [-0.15, -0.1) is 10.2 Å². The van der Waals surface area contributed by atoms with Gasteiger partial charge in [0, 0.05) is 5.56 Å². The van der Waals surface area contributed by atoms with Gasteiger partial charge in [-0.05, 0) is 12.0 Å². The van der Waals surface area contributed by atoms with E-state index in [-0.39, 0.29) is 22.5 Å². The van der Waals surface area contributed by atoms with E-state index in [1.165, 1.54) is 0 Å². The number of nitrogens with one attached hydrogen (secondary N) is 2. The molecule has 5 aromatic rings. The molecule has 2 fully saturated rings. The molecule has 54 heavy (non-hydrogen) atoms. The van der Waals surface area contributed by atoms with Gasteiger partial charge in [0.15, 0.2) is 34.5 Å². The summed E-state index contributed by atoms with van der Waals surface area (Å²) in [6.45, 7) is -0.0143. The van der Waals surface area contributed by atoms with Crippen LogP contribution in [0.3, 0.4) is 0 Å². The predicted molar refractivity (Wildman–Crippen MR) is 180 cm³/mol. The molecule has 7 rings (SSSR count). The lowest BCUT2D eigenvalue weighted by molar-refractivity contribution is -0.170. The fourth-order valence-corrected chi connectivity index (χ4v) is 6.68. The number of phosphoric ester groups is 1. The second-order valence-corrected chi connectivity index (χ2v) is 13.6. The lowest BCUT2D eigenvalue weighted by Gasteiger charge is -2.33. The second kappa shape index (κ2) is 13.4. The van der Waals surface area contributed by atoms with Crippen molar-refractivity contribution in [3.63, 3.8) is 0 Å². The summed E-state index contributed by atoms with van der Waals surface area (Å²) in [7, 11) is -5.17. The average molecular weight is 777 g/mol. The average Bonchev–Trinajstić information content (AvgIpc) is 3.85. The van der Waals surface area contributed by atoms with Gasteiger partial charge >= 0.3 is 7.82 Å². The molecule has 1 aromatic carbocycles. The third-order valence-corrected chi connectivity index (χ3v) is 9.49. The number of nitrogen functional groups attached to an aromatic ring is 2. The van der Waals surface area contributed by atoms with Crippen LogP contribution in [0.4, 0.5) is 11.9 Å². The molecule has 0 amide bonds. The quantitative estimate of drug-likeness (QED) is 0.0488. The molecular weight excluding hydrogens is 743 g/mol. The fraction of sp³-hybridized carbons (Fsp3) is 0.429. The molecule has 0 unspecified atom stereocenters. The van der Waals surface area contributed by atoms with Gasteiger partial charge in [-0.1, -0.05) is 31.2 Å². The zero-order valence-electron chi connectivity index (χ0n) is 27.7. The van der Waals surface area contributed by atoms with E-state index >= 15 is 0 Å². The number of aryl methyl sites for hydroxylation is 1. The second-order valence-electron chi connectivity index (χ2n) is 12.4. The normalized spacial score (nSPS) is 29.0. The lowest BCUT2D eigenvalue weighted by Crippen LogP contribution is -2.47. The lowest BCUT2D eigenvalue weighted by atomic mass is 10.1. The van der Waals surface area contributed by atoms with Crippen molar-refractivity contribution < 1.29 is 53.9 Å². The van der Waals surface area contributed by atoms with Gasteiger partial charge in [0.25, 0.3) is 22.8 Å². The summed E-state index contributed by atoms with van der Waals surface area (Å²) in [6.07, 6.45) is -10.3. The monoisotopic (exact) mass is 776 g/mol. The molecule has 0 aliphatic carbocycles. The van der Waals surface area contributed by atoms with Crippen molar-refractivity contribution in [1.82, 2.24) is 39.0 Å². The number of aromatic nitrogens is 8. The van der Waals surface area contributed by atoms with Crippen LogP contribution < -0.4 is 22.6 Å². The number of rotatable bonds is 10. The molecule has 0 spiro atoms. The maximum Gasteiger partial charge on any atom is 0.469 e. The van der Waals surface area contributed by atoms with Crippen LogP contribution in [0.25, 0.3) is 33.7 Å². The molecule has 2 aliphatic rings. The van der Waals surface area contributed by atoms with Crippen LogP contribution in [0.1, 0.15) is 12.5 Å². The summed E-state index contributed by atoms with van der Waals surface area (Å²) in [6, 6.07) is 6.75. The Morgan fingerprint density at radius 2 is 1.46 bits per heavy atom. The van der Waals surface area contributed by atoms with Crippen LogP contribution in [0.2, 0.25) is 0 Å². The Bertz CT molecular complexity index is 2430. The Balaban J connectivity index is 1.52. The third-order valence-electron chi connectivity index (χ3n) is 9.00. The van der Waals surface area contributed by atoms with Crippen molar-refractivity contribution >= 4 is 42.0 Å². The number of nitrogens with zero attached hydrogens (tertiary/aromatic N) is 8. The Morgan fingerprint density at radius 1 is 0.889 bits per heavy atom. The molecule has 8 atom stereocenters. The van der Waals surface area contributed by atoms with E-state index in [9.17, 15) is 49.5 Å². The summed E-state index contributed by atoms with van der Waals surface area (Å²) in [5.74, 6) is -6.60. The molecule has 0 radical (unpaired) electrons. The summed E-state index contributed by atoms with van der Waals surface area (Å²) >= 11 is 0. The Kier molecular flexibility index (Phi) is 9.22. The van der Waals surface area contributed by atoms with Crippen LogP contribution in [-0.2, 0) is 36.7 Å². The highest BCUT2D eigenvalue weighted by atomic mass is 31.2. The predicted octanol–water partition coefficient (Wildman–Crippen LogP) is -3.34. The van der Waals surface area contributed by atoms with Gasteiger partial charge in [-0.2, -0.15) is 9.97 Å². The molecule has 2 saturated heterocycles. The topological polar surface area (TPSA) is 390 Å². The van der Waals surface area contributed by atoms with Crippen molar-refractivity contribution in [2.24, 2.45) is 10.2 Å². The highest BCUT2D eigenvalue weighted by Gasteiger charge is 2.62. The van der Waals surface area contributed by atoms with Gasteiger partial charge < -0.3 is 56.3 Å². The number of nitrogens with two attached hydrogens (primary N) is 2. The van der Waals surface area contributed by atoms with E-state index < -0.39 is 98.0 Å². The number of hydrogen-bond donors (Lipinski definition) is 11. The largest absolute Gasteiger partial charge is 0.469 e. The summed E-state index contributed by atoms with van der Waals surface area (Å²) in [5, 5.41) is 64.4. The first-order chi connectivity index (χ1) is 25.5. The summed E-state index contributed by atoms with van der Waals surface area (Å²) < 4.78 is 29.9. The molecule has 25 nitrogen and oxygen atoms in total. The number of imidazole rings is 2. The molecule has 13 N–H and O–H groups in total. The van der Waals surface area contributed by atoms with Gasteiger partial charge in [0.2, 0.25) is 11.9 Å². The van der Waals surface area contributed by atoms with Crippen LogP contribution in [0, 0.1) is 0 Å². The number of fused-ring (bicyclic) bond motifs is 2. The SMILES string of the molecule is CCc1ccc(-c2nc3c(=O)[nH]c(N)nc3n2[C@]2(N=N[C@@]3(n4cnc5c(=O)[nH]c(N)nc54)O[C@H](COP(=O)(O)O)[C@@H](O)[C@H]3O)O[C@H](CO)[C@@H](O)[C@H]2O)cc1. The van der Waals surface area contributed by atoms with Crippen LogP contribution in [0.5, 0.6) is 0 Å². The number of hydrogen-bond acceptors (Lipinski definition) is 19. The molecule has 6 heterocycles. The van der Waals surface area contributed by atoms with Gasteiger partial charge in [0.1, 0.15) is 36.6 Å². The van der Waals surface area contributed by atoms with E-state index in [0.29, 0.717) is 12.0 Å². The number of aromatic amines is 2. The molecule has 0 saturated carbocycles. The Hall–Kier alpha value is -5.05. The fourth-order valence-electron chi connectivity index (χ4n) is 6.34. The smallest absolute Gasteiger partial charge is 0.394 e. The zero-order valence-corrected chi connectivity index (χ0v) is 28.6. The van der Waals surface area contributed by atoms with E-state index in [0.717, 1.165) is 21.0 Å². The minimum atomic E-state index is -5.17. The summed E-state index contributed by atoms with van der Waals surface area (Å²) in [4.78, 5) is 65.9. The van der Waals surface area contributed by atoms with Gasteiger partial charge in [-0.3, -0.25) is 33.2 Å². The van der Waals surface area contributed by atoms with E-state index in [2.05, 4.69) is 44.7 Å². The van der Waals surface area contributed by atoms with Crippen molar-refractivity contribution in [3.8, 4) is 11.4 Å². The maximum atomic E-state index is 13.2. The maximum absolute atomic E-state index is 13.2. The third kappa shape index (κ3) is 5.96. The molecule has 26 heteroatoms. The number of azo groups is 1.